The number of aromatic nitrogens is 1. The minimum absolute atomic E-state index is 0.0663. The van der Waals surface area contributed by atoms with Crippen LogP contribution in [-0.4, -0.2) is 23.3 Å². The average Bonchev–Trinajstić information content (AvgIpc) is 3.06. The van der Waals surface area contributed by atoms with Crippen LogP contribution >= 0.6 is 11.3 Å². The molecule has 0 saturated heterocycles. The van der Waals surface area contributed by atoms with Gasteiger partial charge in [0.05, 0.1) is 13.0 Å². The molecule has 2 aromatic carbocycles. The van der Waals surface area contributed by atoms with Gasteiger partial charge in [-0.05, 0) is 16.3 Å². The summed E-state index contributed by atoms with van der Waals surface area (Å²) in [5.41, 5.74) is 0.945. The van der Waals surface area contributed by atoms with Crippen LogP contribution in [0.5, 0.6) is 0 Å². The van der Waals surface area contributed by atoms with Crippen molar-refractivity contribution in [1.29, 1.82) is 0 Å². The van der Waals surface area contributed by atoms with Crippen LogP contribution in [0, 0.1) is 0 Å². The third-order valence-electron chi connectivity index (χ3n) is 3.36. The molecule has 0 unspecified atom stereocenters. The monoisotopic (exact) mass is 325 g/mol. The lowest BCUT2D eigenvalue weighted by Gasteiger charge is -2.08. The van der Waals surface area contributed by atoms with Gasteiger partial charge in [0.1, 0.15) is 0 Å². The van der Waals surface area contributed by atoms with Gasteiger partial charge in [-0.25, -0.2) is 4.98 Å². The first kappa shape index (κ1) is 15.2. The summed E-state index contributed by atoms with van der Waals surface area (Å²) in [6, 6.07) is 13.8. The van der Waals surface area contributed by atoms with Crippen molar-refractivity contribution in [1.82, 2.24) is 10.3 Å². The van der Waals surface area contributed by atoms with Crippen LogP contribution in [0.15, 0.2) is 54.0 Å². The minimum atomic E-state index is -0.286. The number of anilines is 1. The number of thiazole rings is 1. The number of fused-ring (bicyclic) bond motifs is 1. The zero-order valence-electron chi connectivity index (χ0n) is 12.3. The number of hydrogen-bond acceptors (Lipinski definition) is 4. The minimum Gasteiger partial charge on any atom is -0.347 e. The van der Waals surface area contributed by atoms with Crippen LogP contribution < -0.4 is 10.6 Å². The van der Waals surface area contributed by atoms with Crippen LogP contribution in [0.25, 0.3) is 10.8 Å². The van der Waals surface area contributed by atoms with E-state index in [4.69, 9.17) is 0 Å². The maximum atomic E-state index is 12.1. The molecule has 1 aromatic heterocycles. The van der Waals surface area contributed by atoms with E-state index < -0.39 is 0 Å². The smallest absolute Gasteiger partial charge is 0.245 e. The molecule has 116 valence electrons. The fourth-order valence-electron chi connectivity index (χ4n) is 2.31. The van der Waals surface area contributed by atoms with Crippen molar-refractivity contribution in [3.8, 4) is 0 Å². The second-order valence-electron chi connectivity index (χ2n) is 4.98. The molecule has 6 heteroatoms. The molecule has 0 aliphatic carbocycles. The molecular weight excluding hydrogens is 310 g/mol. The van der Waals surface area contributed by atoms with Gasteiger partial charge in [-0.3, -0.25) is 9.59 Å². The zero-order valence-corrected chi connectivity index (χ0v) is 13.1. The Kier molecular flexibility index (Phi) is 4.63. The van der Waals surface area contributed by atoms with Crippen LogP contribution in [0.2, 0.25) is 0 Å². The van der Waals surface area contributed by atoms with Crippen molar-refractivity contribution in [2.24, 2.45) is 0 Å². The Morgan fingerprint density at radius 3 is 2.70 bits per heavy atom. The summed E-state index contributed by atoms with van der Waals surface area (Å²) in [4.78, 5) is 27.7. The van der Waals surface area contributed by atoms with Gasteiger partial charge in [0.2, 0.25) is 11.8 Å². The van der Waals surface area contributed by atoms with Crippen LogP contribution in [0.1, 0.15) is 5.56 Å². The highest BCUT2D eigenvalue weighted by molar-refractivity contribution is 7.13. The molecule has 0 fully saturated rings. The highest BCUT2D eigenvalue weighted by atomic mass is 32.1. The SMILES string of the molecule is O=C(Cc1cccc2ccccc12)NCC(=O)Nc1nccs1. The standard InChI is InChI=1S/C17H15N3O2S/c21-15(19-11-16(22)20-17-18-8-9-23-17)10-13-6-3-5-12-4-1-2-7-14(12)13/h1-9H,10-11H2,(H,19,21)(H,18,20,22). The second kappa shape index (κ2) is 7.02. The quantitative estimate of drug-likeness (QED) is 0.757. The molecule has 3 aromatic rings. The van der Waals surface area contributed by atoms with Gasteiger partial charge in [-0.1, -0.05) is 42.5 Å². The van der Waals surface area contributed by atoms with Crippen LogP contribution in [0.4, 0.5) is 5.13 Å². The second-order valence-corrected chi connectivity index (χ2v) is 5.87. The van der Waals surface area contributed by atoms with Crippen molar-refractivity contribution < 1.29 is 9.59 Å². The molecule has 0 saturated carbocycles. The molecule has 1 heterocycles. The van der Waals surface area contributed by atoms with Gasteiger partial charge < -0.3 is 10.6 Å². The van der Waals surface area contributed by atoms with E-state index in [1.165, 1.54) is 11.3 Å². The summed E-state index contributed by atoms with van der Waals surface area (Å²) in [5.74, 6) is -0.470. The first-order chi connectivity index (χ1) is 11.2. The number of carbonyl (C=O) groups excluding carboxylic acids is 2. The van der Waals surface area contributed by atoms with Crippen molar-refractivity contribution >= 4 is 39.1 Å². The lowest BCUT2D eigenvalue weighted by Crippen LogP contribution is -2.33. The summed E-state index contributed by atoms with van der Waals surface area (Å²) in [7, 11) is 0. The van der Waals surface area contributed by atoms with E-state index >= 15 is 0 Å². The summed E-state index contributed by atoms with van der Waals surface area (Å²) >= 11 is 1.33. The largest absolute Gasteiger partial charge is 0.347 e. The highest BCUT2D eigenvalue weighted by Gasteiger charge is 2.09. The Labute approximate surface area is 137 Å². The van der Waals surface area contributed by atoms with E-state index in [0.717, 1.165) is 16.3 Å². The number of amides is 2. The fourth-order valence-corrected chi connectivity index (χ4v) is 2.85. The Bertz CT molecular complexity index is 825. The fraction of sp³-hybridized carbons (Fsp3) is 0.118. The average molecular weight is 325 g/mol. The predicted octanol–water partition coefficient (Wildman–Crippen LogP) is 2.59. The Hall–Kier alpha value is -2.73. The number of hydrogen-bond donors (Lipinski definition) is 2. The van der Waals surface area contributed by atoms with E-state index in [9.17, 15) is 9.59 Å². The maximum absolute atomic E-state index is 12.1. The van der Waals surface area contributed by atoms with Gasteiger partial charge in [0.15, 0.2) is 5.13 Å². The molecule has 5 nitrogen and oxygen atoms in total. The number of rotatable bonds is 5. The third-order valence-corrected chi connectivity index (χ3v) is 4.04. The van der Waals surface area contributed by atoms with E-state index in [2.05, 4.69) is 15.6 Å². The molecule has 0 radical (unpaired) electrons. The summed E-state index contributed by atoms with van der Waals surface area (Å²) in [6.07, 6.45) is 1.85. The number of nitrogens with one attached hydrogen (secondary N) is 2. The molecule has 2 N–H and O–H groups in total. The first-order valence-electron chi connectivity index (χ1n) is 7.15. The van der Waals surface area contributed by atoms with Crippen molar-refractivity contribution in [3.05, 3.63) is 59.6 Å². The van der Waals surface area contributed by atoms with Crippen LogP contribution in [-0.2, 0) is 16.0 Å². The first-order valence-corrected chi connectivity index (χ1v) is 8.03. The summed E-state index contributed by atoms with van der Waals surface area (Å²) in [6.45, 7) is -0.0663. The number of carbonyl (C=O) groups is 2. The molecular formula is C17H15N3O2S. The topological polar surface area (TPSA) is 71.1 Å². The molecule has 23 heavy (non-hydrogen) atoms. The van der Waals surface area contributed by atoms with Gasteiger partial charge in [0.25, 0.3) is 0 Å². The molecule has 3 rings (SSSR count). The molecule has 0 aliphatic rings. The van der Waals surface area contributed by atoms with Gasteiger partial charge >= 0.3 is 0 Å². The number of nitrogens with zero attached hydrogens (tertiary/aromatic N) is 1. The van der Waals surface area contributed by atoms with E-state index in [1.54, 1.807) is 11.6 Å². The van der Waals surface area contributed by atoms with Crippen molar-refractivity contribution in [2.45, 2.75) is 6.42 Å². The molecule has 0 bridgehead atoms. The Balaban J connectivity index is 1.57. The van der Waals surface area contributed by atoms with E-state index in [0.29, 0.717) is 5.13 Å². The predicted molar refractivity (Wildman–Crippen MR) is 91.4 cm³/mol. The van der Waals surface area contributed by atoms with Crippen LogP contribution in [0.3, 0.4) is 0 Å². The van der Waals surface area contributed by atoms with Crippen molar-refractivity contribution in [2.75, 3.05) is 11.9 Å². The van der Waals surface area contributed by atoms with Gasteiger partial charge in [0, 0.05) is 11.6 Å². The third kappa shape index (κ3) is 3.92. The lowest BCUT2D eigenvalue weighted by molar-refractivity contribution is -0.123. The lowest BCUT2D eigenvalue weighted by atomic mass is 10.0. The zero-order chi connectivity index (χ0) is 16.1. The molecule has 0 spiro atoms. The van der Waals surface area contributed by atoms with Crippen molar-refractivity contribution in [3.63, 3.8) is 0 Å². The normalized spacial score (nSPS) is 10.4. The Morgan fingerprint density at radius 2 is 1.87 bits per heavy atom. The summed E-state index contributed by atoms with van der Waals surface area (Å²) in [5, 5.41) is 9.71. The maximum Gasteiger partial charge on any atom is 0.245 e. The number of benzene rings is 2. The molecule has 0 atom stereocenters. The van der Waals surface area contributed by atoms with Gasteiger partial charge in [-0.2, -0.15) is 0 Å². The van der Waals surface area contributed by atoms with E-state index in [1.807, 2.05) is 42.5 Å². The molecule has 2 amide bonds. The van der Waals surface area contributed by atoms with E-state index in [-0.39, 0.29) is 24.8 Å². The molecule has 0 aliphatic heterocycles. The van der Waals surface area contributed by atoms with Gasteiger partial charge in [-0.15, -0.1) is 11.3 Å². The summed E-state index contributed by atoms with van der Waals surface area (Å²) < 4.78 is 0. The highest BCUT2D eigenvalue weighted by Crippen LogP contribution is 2.18. The Morgan fingerprint density at radius 1 is 1.04 bits per heavy atom.